The van der Waals surface area contributed by atoms with Crippen LogP contribution in [0.25, 0.3) is 0 Å². The molecule has 0 heterocycles. The maximum atomic E-state index is 10.9. The molecular formula is C25H46Na2O12S. The largest absolute Gasteiger partial charge is 1.00 e. The van der Waals surface area contributed by atoms with Gasteiger partial charge in [0, 0.05) is 6.42 Å². The van der Waals surface area contributed by atoms with Gasteiger partial charge in [0.15, 0.2) is 5.60 Å². The summed E-state index contributed by atoms with van der Waals surface area (Å²) < 4.78 is 36.2. The minimum Gasteiger partial charge on any atom is -1.00 e. The fraction of sp³-hybridized carbons (Fsp3) is 0.760. The van der Waals surface area contributed by atoms with Gasteiger partial charge in [-0.1, -0.05) is 70.4 Å². The Labute approximate surface area is 285 Å². The molecule has 4 N–H and O–H groups in total. The van der Waals surface area contributed by atoms with E-state index in [0.29, 0.717) is 6.42 Å². The molecule has 0 bridgehead atoms. The van der Waals surface area contributed by atoms with Crippen LogP contribution in [-0.2, 0) is 38.5 Å². The maximum absolute atomic E-state index is 10.9. The van der Waals surface area contributed by atoms with E-state index in [1.54, 1.807) is 0 Å². The van der Waals surface area contributed by atoms with Gasteiger partial charge in [0.25, 0.3) is 0 Å². The molecule has 0 aliphatic rings. The van der Waals surface area contributed by atoms with E-state index in [1.807, 2.05) is 0 Å². The molecule has 1 unspecified atom stereocenters. The van der Waals surface area contributed by atoms with E-state index in [0.717, 1.165) is 12.8 Å². The van der Waals surface area contributed by atoms with Gasteiger partial charge in [0.2, 0.25) is 0 Å². The van der Waals surface area contributed by atoms with Gasteiger partial charge in [0.05, 0.1) is 20.0 Å². The van der Waals surface area contributed by atoms with Gasteiger partial charge in [-0.15, -0.1) is 0 Å². The smallest absolute Gasteiger partial charge is 1.00 e. The number of ether oxygens (including phenoxy) is 1. The molecule has 0 amide bonds. The molecule has 0 saturated heterocycles. The number of carbonyl (C=O) groups is 4. The van der Waals surface area contributed by atoms with Gasteiger partial charge < -0.3 is 27.1 Å². The molecule has 40 heavy (non-hydrogen) atoms. The van der Waals surface area contributed by atoms with Gasteiger partial charge in [-0.25, -0.2) is 4.79 Å². The summed E-state index contributed by atoms with van der Waals surface area (Å²) >= 11 is 0. The van der Waals surface area contributed by atoms with Crippen molar-refractivity contribution in [1.29, 1.82) is 0 Å². The minimum absolute atomic E-state index is 0. The molecule has 0 spiro atoms. The van der Waals surface area contributed by atoms with Crippen LogP contribution in [0.15, 0.2) is 12.2 Å². The zero-order valence-electron chi connectivity index (χ0n) is 26.4. The first-order chi connectivity index (χ1) is 17.8. The number of methoxy groups -OCH3 is 1. The normalized spacial score (nSPS) is 12.1. The number of hydrogen-bond donors (Lipinski definition) is 4. The monoisotopic (exact) mass is 616 g/mol. The summed E-state index contributed by atoms with van der Waals surface area (Å²) in [6.07, 6.45) is 19.2. The first-order valence-electron chi connectivity index (χ1n) is 12.9. The number of esters is 1. The second-order valence-electron chi connectivity index (χ2n) is 8.88. The molecule has 0 fully saturated rings. The van der Waals surface area contributed by atoms with E-state index < -0.39 is 46.7 Å². The number of allylic oxidation sites excluding steroid dienone is 2. The van der Waals surface area contributed by atoms with E-state index in [-0.39, 0.29) is 67.9 Å². The van der Waals surface area contributed by atoms with Crippen molar-refractivity contribution >= 4 is 34.3 Å². The Hall–Kier alpha value is -0.510. The zero-order chi connectivity index (χ0) is 29.5. The third-order valence-electron chi connectivity index (χ3n) is 5.35. The van der Waals surface area contributed by atoms with Gasteiger partial charge in [-0.05, 0) is 32.1 Å². The van der Waals surface area contributed by atoms with Crippen LogP contribution >= 0.6 is 0 Å². The number of aliphatic carboxylic acids is 2. The van der Waals surface area contributed by atoms with Crippen LogP contribution in [0.4, 0.5) is 0 Å². The number of carbonyl (C=O) groups excluding carboxylic acids is 2. The summed E-state index contributed by atoms with van der Waals surface area (Å²) in [5.74, 6) is -5.66. The molecule has 0 radical (unpaired) electrons. The molecule has 226 valence electrons. The van der Waals surface area contributed by atoms with Crippen LogP contribution < -0.4 is 59.1 Å². The summed E-state index contributed by atoms with van der Waals surface area (Å²) in [7, 11) is -3.69. The first-order valence-corrected chi connectivity index (χ1v) is 14.2. The summed E-state index contributed by atoms with van der Waals surface area (Å²) in [5.41, 5.74) is -3.02. The Morgan fingerprint density at radius 2 is 1.23 bits per heavy atom. The molecule has 0 aliphatic heterocycles. The number of aliphatic hydroxyl groups is 1. The predicted molar refractivity (Wildman–Crippen MR) is 141 cm³/mol. The van der Waals surface area contributed by atoms with Crippen molar-refractivity contribution in [3.63, 3.8) is 0 Å². The topological polar surface area (TPSA) is 202 Å². The Morgan fingerprint density at radius 1 is 0.775 bits per heavy atom. The van der Waals surface area contributed by atoms with Crippen LogP contribution in [0, 0.1) is 0 Å². The molecule has 0 aromatic rings. The Bertz CT molecular complexity index is 845. The van der Waals surface area contributed by atoms with Crippen molar-refractivity contribution < 1.29 is 118 Å². The minimum atomic E-state index is -5.15. The fourth-order valence-electron chi connectivity index (χ4n) is 3.29. The van der Waals surface area contributed by atoms with Crippen molar-refractivity contribution in [3.05, 3.63) is 12.2 Å². The third kappa shape index (κ3) is 32.0. The average Bonchev–Trinajstić information content (AvgIpc) is 2.79. The second kappa shape index (κ2) is 28.6. The number of rotatable bonds is 21. The second-order valence-corrected chi connectivity index (χ2v) is 9.90. The van der Waals surface area contributed by atoms with Crippen LogP contribution in [0.2, 0.25) is 0 Å². The Morgan fingerprint density at radius 3 is 1.62 bits per heavy atom. The first kappa shape index (κ1) is 46.4. The maximum Gasteiger partial charge on any atom is 1.00 e. The molecular weight excluding hydrogens is 570 g/mol. The third-order valence-corrected chi connectivity index (χ3v) is 5.74. The number of hydrogen-bond acceptors (Lipinski definition) is 9. The van der Waals surface area contributed by atoms with E-state index in [1.165, 1.54) is 77.7 Å². The van der Waals surface area contributed by atoms with Crippen molar-refractivity contribution in [2.75, 3.05) is 7.11 Å². The quantitative estimate of drug-likeness (QED) is 0.0381. The van der Waals surface area contributed by atoms with Crippen LogP contribution in [0.3, 0.4) is 0 Å². The molecule has 0 saturated carbocycles. The van der Waals surface area contributed by atoms with Crippen molar-refractivity contribution in [3.8, 4) is 0 Å². The van der Waals surface area contributed by atoms with Crippen LogP contribution in [0.5, 0.6) is 0 Å². The summed E-state index contributed by atoms with van der Waals surface area (Å²) in [5, 5.41) is 26.1. The molecule has 1 atom stereocenters. The number of carboxylic acid groups (broad SMARTS) is 2. The SMILES string of the molecule is CCCCCCCC/C=C\CCCCCCCC(=O)OC.O=C(O)CC(O)(CC(=O)OS(=O)(=O)O)C(=O)O.[H-].[H-].[Na+].[Na+]. The molecule has 0 aromatic heterocycles. The number of unbranched alkanes of at least 4 members (excludes halogenated alkanes) is 11. The molecule has 12 nitrogen and oxygen atoms in total. The standard InChI is InChI=1S/C19H36O2.C6H8O10S.2Na.2H/c1-3-4-5-6-7-8-9-10-11-12-13-14-15-16-17-18-19(20)21-2;7-3(8)1-6(12,5(10)11)2-4(9)16-17(13,14)15;;;;/h10-11H,3-9,12-18H2,1-2H3;12H,1-2H2,(H,7,8)(H,10,11)(H,13,14,15);;;;/q;;2*+1;2*-1/b11-10-;;;;;. The fourth-order valence-corrected chi connectivity index (χ4v) is 3.59. The Kier molecular flexibility index (Phi) is 33.2. The van der Waals surface area contributed by atoms with E-state index in [2.05, 4.69) is 28.0 Å². The average molecular weight is 617 g/mol. The predicted octanol–water partition coefficient (Wildman–Crippen LogP) is -1.56. The zero-order valence-corrected chi connectivity index (χ0v) is 29.2. The van der Waals surface area contributed by atoms with E-state index >= 15 is 0 Å². The van der Waals surface area contributed by atoms with E-state index in [9.17, 15) is 32.7 Å². The van der Waals surface area contributed by atoms with Gasteiger partial charge in [0.1, 0.15) is 0 Å². The molecule has 0 aliphatic carbocycles. The Balaban J connectivity index is -0.000000143. The van der Waals surface area contributed by atoms with Crippen LogP contribution in [0.1, 0.15) is 113 Å². The van der Waals surface area contributed by atoms with Crippen molar-refractivity contribution in [2.24, 2.45) is 0 Å². The summed E-state index contributed by atoms with van der Waals surface area (Å²) in [4.78, 5) is 42.5. The molecule has 15 heteroatoms. The molecule has 0 rings (SSSR count). The van der Waals surface area contributed by atoms with Gasteiger partial charge in [-0.3, -0.25) is 18.9 Å². The summed E-state index contributed by atoms with van der Waals surface area (Å²) in [6, 6.07) is 0. The van der Waals surface area contributed by atoms with Gasteiger partial charge in [-0.2, -0.15) is 8.42 Å². The van der Waals surface area contributed by atoms with Gasteiger partial charge >= 0.3 is 93.4 Å². The van der Waals surface area contributed by atoms with Crippen LogP contribution in [-0.4, -0.2) is 64.9 Å². The molecule has 0 aromatic carbocycles. The number of carboxylic acids is 2. The summed E-state index contributed by atoms with van der Waals surface area (Å²) in [6.45, 7) is 2.27. The van der Waals surface area contributed by atoms with Crippen molar-refractivity contribution in [2.45, 2.75) is 115 Å². The van der Waals surface area contributed by atoms with E-state index in [4.69, 9.17) is 14.8 Å². The van der Waals surface area contributed by atoms with Crippen molar-refractivity contribution in [1.82, 2.24) is 0 Å².